The van der Waals surface area contributed by atoms with E-state index >= 15 is 0 Å². The highest BCUT2D eigenvalue weighted by Crippen LogP contribution is 2.26. The van der Waals surface area contributed by atoms with E-state index in [9.17, 15) is 4.79 Å². The molecular weight excluding hydrogens is 302 g/mol. The zero-order valence-electron chi connectivity index (χ0n) is 12.6. The predicted octanol–water partition coefficient (Wildman–Crippen LogP) is 4.06. The Labute approximate surface area is 135 Å². The van der Waals surface area contributed by atoms with Crippen LogP contribution in [0.5, 0.6) is 11.5 Å². The van der Waals surface area contributed by atoms with Gasteiger partial charge in [0.1, 0.15) is 0 Å². The summed E-state index contributed by atoms with van der Waals surface area (Å²) < 4.78 is 10.7. The maximum Gasteiger partial charge on any atom is 0.227 e. The van der Waals surface area contributed by atoms with Crippen LogP contribution in [0.2, 0.25) is 5.02 Å². The minimum atomic E-state index is -0.152. The second-order valence-corrected chi connectivity index (χ2v) is 5.19. The summed E-state index contributed by atoms with van der Waals surface area (Å²) in [5.41, 5.74) is 1.65. The molecule has 0 bridgehead atoms. The van der Waals surface area contributed by atoms with Crippen LogP contribution in [-0.4, -0.2) is 19.6 Å². The second kappa shape index (κ2) is 7.71. The van der Waals surface area contributed by atoms with Gasteiger partial charge < -0.3 is 14.8 Å². The van der Waals surface area contributed by atoms with Crippen LogP contribution in [0.3, 0.4) is 0 Å². The van der Waals surface area contributed by atoms with Gasteiger partial charge in [0, 0.05) is 0 Å². The predicted molar refractivity (Wildman–Crippen MR) is 87.9 cm³/mol. The van der Waals surface area contributed by atoms with Crippen LogP contribution >= 0.6 is 11.6 Å². The molecule has 0 atom stereocenters. The number of methoxy groups -OCH3 is 1. The van der Waals surface area contributed by atoms with Gasteiger partial charge in [0.25, 0.3) is 0 Å². The number of anilines is 1. The fraction of sp³-hybridized carbons (Fsp3) is 0.235. The van der Waals surface area contributed by atoms with E-state index in [2.05, 4.69) is 5.32 Å². The number of rotatable bonds is 6. The van der Waals surface area contributed by atoms with Gasteiger partial charge in [0.05, 0.1) is 30.8 Å². The minimum Gasteiger partial charge on any atom is -0.493 e. The van der Waals surface area contributed by atoms with E-state index in [1.165, 1.54) is 0 Å². The van der Waals surface area contributed by atoms with Crippen LogP contribution in [0, 0.1) is 6.92 Å². The maximum atomic E-state index is 11.9. The Kier molecular flexibility index (Phi) is 5.67. The first-order valence-corrected chi connectivity index (χ1v) is 7.30. The van der Waals surface area contributed by atoms with Crippen molar-refractivity contribution in [3.8, 4) is 11.5 Å². The standard InChI is InChI=1S/C17H18ClNO3/c1-12-7-8-14(13(18)11-12)19-17(20)9-10-22-16-6-4-3-5-15(16)21-2/h3-8,11H,9-10H2,1-2H3,(H,19,20). The Morgan fingerprint density at radius 3 is 2.59 bits per heavy atom. The van der Waals surface area contributed by atoms with Gasteiger partial charge in [0.2, 0.25) is 5.91 Å². The molecule has 5 heteroatoms. The third-order valence-corrected chi connectivity index (χ3v) is 3.37. The fourth-order valence-electron chi connectivity index (χ4n) is 1.93. The van der Waals surface area contributed by atoms with Crippen LogP contribution in [0.15, 0.2) is 42.5 Å². The average Bonchev–Trinajstić information content (AvgIpc) is 2.50. The Balaban J connectivity index is 1.85. The summed E-state index contributed by atoms with van der Waals surface area (Å²) in [4.78, 5) is 11.9. The third-order valence-electron chi connectivity index (χ3n) is 3.05. The summed E-state index contributed by atoms with van der Waals surface area (Å²) >= 11 is 6.08. The first-order chi connectivity index (χ1) is 10.6. The molecule has 0 aromatic heterocycles. The van der Waals surface area contributed by atoms with Crippen molar-refractivity contribution in [3.05, 3.63) is 53.1 Å². The van der Waals surface area contributed by atoms with Crippen molar-refractivity contribution in [1.29, 1.82) is 0 Å². The number of ether oxygens (including phenoxy) is 2. The van der Waals surface area contributed by atoms with Crippen molar-refractivity contribution in [3.63, 3.8) is 0 Å². The molecule has 2 aromatic carbocycles. The number of carbonyl (C=O) groups is 1. The quantitative estimate of drug-likeness (QED) is 0.873. The number of nitrogens with one attached hydrogen (secondary N) is 1. The zero-order valence-corrected chi connectivity index (χ0v) is 13.3. The number of benzene rings is 2. The van der Waals surface area contributed by atoms with E-state index in [0.717, 1.165) is 5.56 Å². The molecule has 0 spiro atoms. The summed E-state index contributed by atoms with van der Waals surface area (Å²) in [6.45, 7) is 2.20. The molecule has 2 aromatic rings. The van der Waals surface area contributed by atoms with Crippen molar-refractivity contribution in [2.75, 3.05) is 19.0 Å². The second-order valence-electron chi connectivity index (χ2n) is 4.78. The summed E-state index contributed by atoms with van der Waals surface area (Å²) in [6.07, 6.45) is 0.224. The van der Waals surface area contributed by atoms with Crippen molar-refractivity contribution in [1.82, 2.24) is 0 Å². The first-order valence-electron chi connectivity index (χ1n) is 6.92. The molecule has 4 nitrogen and oxygen atoms in total. The van der Waals surface area contributed by atoms with Gasteiger partial charge in [-0.3, -0.25) is 4.79 Å². The highest BCUT2D eigenvalue weighted by Gasteiger charge is 2.08. The SMILES string of the molecule is COc1ccccc1OCCC(=O)Nc1ccc(C)cc1Cl. The van der Waals surface area contributed by atoms with Gasteiger partial charge in [-0.1, -0.05) is 29.8 Å². The molecule has 2 rings (SSSR count). The van der Waals surface area contributed by atoms with Crippen molar-refractivity contribution < 1.29 is 14.3 Å². The van der Waals surface area contributed by atoms with Crippen molar-refractivity contribution in [2.24, 2.45) is 0 Å². The normalized spacial score (nSPS) is 10.1. The minimum absolute atomic E-state index is 0.152. The van der Waals surface area contributed by atoms with E-state index in [-0.39, 0.29) is 18.9 Å². The average molecular weight is 320 g/mol. The lowest BCUT2D eigenvalue weighted by molar-refractivity contribution is -0.116. The van der Waals surface area contributed by atoms with Gasteiger partial charge in [0.15, 0.2) is 11.5 Å². The number of carbonyl (C=O) groups excluding carboxylic acids is 1. The molecule has 0 aliphatic heterocycles. The van der Waals surface area contributed by atoms with Crippen LogP contribution in [0.25, 0.3) is 0 Å². The van der Waals surface area contributed by atoms with E-state index in [1.807, 2.05) is 37.3 Å². The highest BCUT2D eigenvalue weighted by molar-refractivity contribution is 6.33. The van der Waals surface area contributed by atoms with Crippen LogP contribution in [-0.2, 0) is 4.79 Å². The fourth-order valence-corrected chi connectivity index (χ4v) is 2.21. The van der Waals surface area contributed by atoms with Gasteiger partial charge in [-0.25, -0.2) is 0 Å². The molecule has 0 aliphatic rings. The van der Waals surface area contributed by atoms with E-state index < -0.39 is 0 Å². The number of hydrogen-bond donors (Lipinski definition) is 1. The number of halogens is 1. The Morgan fingerprint density at radius 2 is 1.91 bits per heavy atom. The van der Waals surface area contributed by atoms with Crippen LogP contribution in [0.1, 0.15) is 12.0 Å². The molecule has 0 saturated carbocycles. The smallest absolute Gasteiger partial charge is 0.227 e. The van der Waals surface area contributed by atoms with E-state index in [4.69, 9.17) is 21.1 Å². The number of amides is 1. The summed E-state index contributed by atoms with van der Waals surface area (Å²) in [5.74, 6) is 1.11. The van der Waals surface area contributed by atoms with Crippen molar-refractivity contribution in [2.45, 2.75) is 13.3 Å². The van der Waals surface area contributed by atoms with E-state index in [1.54, 1.807) is 19.2 Å². The van der Waals surface area contributed by atoms with Crippen LogP contribution < -0.4 is 14.8 Å². The molecule has 116 valence electrons. The van der Waals surface area contributed by atoms with Gasteiger partial charge >= 0.3 is 0 Å². The largest absolute Gasteiger partial charge is 0.493 e. The summed E-state index contributed by atoms with van der Waals surface area (Å²) in [7, 11) is 1.58. The van der Waals surface area contributed by atoms with E-state index in [0.29, 0.717) is 22.2 Å². The molecular formula is C17H18ClNO3. The number of para-hydroxylation sites is 2. The Bertz CT molecular complexity index is 658. The first kappa shape index (κ1) is 16.2. The molecule has 0 heterocycles. The van der Waals surface area contributed by atoms with Crippen LogP contribution in [0.4, 0.5) is 5.69 Å². The monoisotopic (exact) mass is 319 g/mol. The molecule has 1 amide bonds. The van der Waals surface area contributed by atoms with Crippen molar-refractivity contribution >= 4 is 23.2 Å². The molecule has 22 heavy (non-hydrogen) atoms. The molecule has 1 N–H and O–H groups in total. The summed E-state index contributed by atoms with van der Waals surface area (Å²) in [6, 6.07) is 12.8. The van der Waals surface area contributed by atoms with Gasteiger partial charge in [-0.05, 0) is 36.8 Å². The molecule has 0 saturated heterocycles. The third kappa shape index (κ3) is 4.40. The highest BCUT2D eigenvalue weighted by atomic mass is 35.5. The molecule has 0 fully saturated rings. The number of aryl methyl sites for hydroxylation is 1. The van der Waals surface area contributed by atoms with Gasteiger partial charge in [-0.15, -0.1) is 0 Å². The lowest BCUT2D eigenvalue weighted by Gasteiger charge is -2.11. The maximum absolute atomic E-state index is 11.9. The van der Waals surface area contributed by atoms with Gasteiger partial charge in [-0.2, -0.15) is 0 Å². The molecule has 0 unspecified atom stereocenters. The molecule has 0 aliphatic carbocycles. The summed E-state index contributed by atoms with van der Waals surface area (Å²) in [5, 5.41) is 3.30. The number of hydrogen-bond acceptors (Lipinski definition) is 3. The topological polar surface area (TPSA) is 47.6 Å². The lowest BCUT2D eigenvalue weighted by atomic mass is 10.2. The molecule has 0 radical (unpaired) electrons. The Hall–Kier alpha value is -2.20. The zero-order chi connectivity index (χ0) is 15.9. The Morgan fingerprint density at radius 1 is 1.18 bits per heavy atom. The lowest BCUT2D eigenvalue weighted by Crippen LogP contribution is -2.15.